The van der Waals surface area contributed by atoms with E-state index in [0.717, 1.165) is 9.36 Å². The Balaban J connectivity index is 1.74. The number of rotatable bonds is 8. The van der Waals surface area contributed by atoms with Gasteiger partial charge in [0, 0.05) is 16.8 Å². The van der Waals surface area contributed by atoms with Gasteiger partial charge in [-0.3, -0.25) is 4.98 Å². The molecule has 0 saturated heterocycles. The number of hydrogen-bond donors (Lipinski definition) is 2. The summed E-state index contributed by atoms with van der Waals surface area (Å²) in [6.45, 7) is -0.417. The van der Waals surface area contributed by atoms with Crippen molar-refractivity contribution in [3.8, 4) is 17.1 Å². The molecule has 0 spiro atoms. The molecule has 0 saturated carbocycles. The van der Waals surface area contributed by atoms with Crippen LogP contribution in [0.15, 0.2) is 53.8 Å². The number of carboxylic acids is 1. The molecule has 15 heteroatoms. The van der Waals surface area contributed by atoms with Crippen LogP contribution in [0.5, 0.6) is 0 Å². The van der Waals surface area contributed by atoms with E-state index in [1.807, 2.05) is 0 Å². The number of nitrogens with zero attached hydrogens (tertiary/aromatic N) is 7. The molecule has 0 aliphatic heterocycles. The van der Waals surface area contributed by atoms with Crippen molar-refractivity contribution in [1.29, 1.82) is 0 Å². The fourth-order valence-electron chi connectivity index (χ4n) is 3.18. The second kappa shape index (κ2) is 9.68. The summed E-state index contributed by atoms with van der Waals surface area (Å²) in [6.07, 6.45) is -5.33. The van der Waals surface area contributed by atoms with Crippen LogP contribution in [0.4, 0.5) is 13.2 Å². The van der Waals surface area contributed by atoms with E-state index in [-0.39, 0.29) is 28.5 Å². The van der Waals surface area contributed by atoms with Crippen LogP contribution in [-0.4, -0.2) is 62.8 Å². The van der Waals surface area contributed by atoms with Crippen LogP contribution in [0, 0.1) is 0 Å². The molecule has 1 aromatic carbocycles. The Kier molecular flexibility index (Phi) is 6.66. The average Bonchev–Trinajstić information content (AvgIpc) is 3.43. The molecule has 3 heterocycles. The molecule has 2 atom stereocenters. The normalized spacial score (nSPS) is 13.2. The van der Waals surface area contributed by atoms with Crippen LogP contribution in [0.1, 0.15) is 22.5 Å². The van der Waals surface area contributed by atoms with E-state index in [4.69, 9.17) is 11.6 Å². The lowest BCUT2D eigenvalue weighted by atomic mass is 10.2. The van der Waals surface area contributed by atoms with Gasteiger partial charge in [-0.25, -0.2) is 41.7 Å². The highest BCUT2D eigenvalue weighted by Crippen LogP contribution is 2.25. The zero-order valence-electron chi connectivity index (χ0n) is 17.4. The van der Waals surface area contributed by atoms with E-state index in [1.165, 1.54) is 49.1 Å². The van der Waals surface area contributed by atoms with Gasteiger partial charge in [0.2, 0.25) is 6.30 Å². The first-order valence-electron chi connectivity index (χ1n) is 9.81. The molecule has 4 aromatic rings. The molecular formula is C20H15ClF3N7O4. The van der Waals surface area contributed by atoms with Crippen molar-refractivity contribution in [2.45, 2.75) is 25.4 Å². The molecule has 11 nitrogen and oxygen atoms in total. The van der Waals surface area contributed by atoms with E-state index >= 15 is 0 Å². The van der Waals surface area contributed by atoms with Gasteiger partial charge in [-0.05, 0) is 30.3 Å². The molecule has 35 heavy (non-hydrogen) atoms. The SMILES string of the molecule is O=C(O)c1ccncc1-n1cnc(Cn2nc(-c3ccc(Cl)cc3)n(C(F)[C@H](O)C(F)F)c2=O)n1. The fourth-order valence-corrected chi connectivity index (χ4v) is 3.31. The second-order valence-electron chi connectivity index (χ2n) is 7.14. The Hall–Kier alpha value is -4.04. The van der Waals surface area contributed by atoms with Gasteiger partial charge in [-0.15, -0.1) is 10.2 Å². The lowest BCUT2D eigenvalue weighted by Gasteiger charge is -2.16. The van der Waals surface area contributed by atoms with Crippen LogP contribution in [0.3, 0.4) is 0 Å². The molecule has 0 fully saturated rings. The number of pyridine rings is 1. The minimum Gasteiger partial charge on any atom is -0.478 e. The zero-order chi connectivity index (χ0) is 25.3. The lowest BCUT2D eigenvalue weighted by molar-refractivity contribution is -0.0723. The van der Waals surface area contributed by atoms with Gasteiger partial charge in [-0.1, -0.05) is 11.6 Å². The highest BCUT2D eigenvalue weighted by Gasteiger charge is 2.33. The first-order chi connectivity index (χ1) is 16.7. The maximum absolute atomic E-state index is 14.8. The van der Waals surface area contributed by atoms with Crippen LogP contribution in [0.25, 0.3) is 17.1 Å². The monoisotopic (exact) mass is 509 g/mol. The van der Waals surface area contributed by atoms with Gasteiger partial charge in [0.1, 0.15) is 12.9 Å². The van der Waals surface area contributed by atoms with Crippen LogP contribution in [-0.2, 0) is 6.54 Å². The number of benzene rings is 1. The topological polar surface area (TPSA) is 141 Å². The van der Waals surface area contributed by atoms with Crippen molar-refractivity contribution in [2.75, 3.05) is 0 Å². The van der Waals surface area contributed by atoms with Crippen molar-refractivity contribution in [1.82, 2.24) is 34.1 Å². The highest BCUT2D eigenvalue weighted by molar-refractivity contribution is 6.30. The number of carbonyl (C=O) groups is 1. The third-order valence-corrected chi connectivity index (χ3v) is 5.12. The largest absolute Gasteiger partial charge is 0.478 e. The standard InChI is InChI=1S/C20H15ClF3N7O4/c21-11-3-1-10(2-4-11)18-28-29(20(35)31(18)17(24)15(32)16(22)23)8-14-26-9-30(27-14)13-7-25-6-5-12(13)19(33)34/h1-7,9,15-17,32H,8H2,(H,33,34)/t15-,17?/m1/s1. The summed E-state index contributed by atoms with van der Waals surface area (Å²) < 4.78 is 42.9. The Morgan fingerprint density at radius 1 is 1.11 bits per heavy atom. The van der Waals surface area contributed by atoms with E-state index in [0.29, 0.717) is 9.59 Å². The first kappa shape index (κ1) is 24.1. The smallest absolute Gasteiger partial charge is 0.349 e. The van der Waals surface area contributed by atoms with Crippen molar-refractivity contribution >= 4 is 17.6 Å². The molecule has 4 rings (SSSR count). The molecular weight excluding hydrogens is 495 g/mol. The number of aliphatic hydroxyl groups is 1. The molecule has 2 N–H and O–H groups in total. The van der Waals surface area contributed by atoms with Gasteiger partial charge >= 0.3 is 11.7 Å². The van der Waals surface area contributed by atoms with E-state index in [1.54, 1.807) is 0 Å². The lowest BCUT2D eigenvalue weighted by Crippen LogP contribution is -2.35. The molecule has 0 radical (unpaired) electrons. The molecule has 0 amide bonds. The predicted molar refractivity (Wildman–Crippen MR) is 114 cm³/mol. The molecule has 182 valence electrons. The van der Waals surface area contributed by atoms with Crippen LogP contribution in [0.2, 0.25) is 5.02 Å². The summed E-state index contributed by atoms with van der Waals surface area (Å²) in [5, 5.41) is 27.4. The van der Waals surface area contributed by atoms with Crippen molar-refractivity contribution in [3.05, 3.63) is 75.9 Å². The number of aliphatic hydroxyl groups excluding tert-OH is 1. The quantitative estimate of drug-likeness (QED) is 0.368. The number of aromatic carboxylic acids is 1. The summed E-state index contributed by atoms with van der Waals surface area (Å²) in [6, 6.07) is 6.92. The Morgan fingerprint density at radius 2 is 1.83 bits per heavy atom. The zero-order valence-corrected chi connectivity index (χ0v) is 18.2. The Morgan fingerprint density at radius 3 is 2.49 bits per heavy atom. The highest BCUT2D eigenvalue weighted by atomic mass is 35.5. The third kappa shape index (κ3) is 4.79. The Bertz CT molecular complexity index is 1420. The van der Waals surface area contributed by atoms with E-state index < -0.39 is 37.0 Å². The number of halogens is 4. The van der Waals surface area contributed by atoms with Crippen molar-refractivity contribution in [2.24, 2.45) is 0 Å². The minimum atomic E-state index is -3.46. The van der Waals surface area contributed by atoms with Gasteiger partial charge in [0.25, 0.3) is 6.43 Å². The molecule has 0 aliphatic rings. The summed E-state index contributed by atoms with van der Waals surface area (Å²) in [5.41, 5.74) is -0.980. The molecule has 3 aromatic heterocycles. The number of carboxylic acid groups (broad SMARTS) is 1. The molecule has 1 unspecified atom stereocenters. The third-order valence-electron chi connectivity index (χ3n) is 4.87. The maximum Gasteiger partial charge on any atom is 0.349 e. The molecule has 0 bridgehead atoms. The molecule has 0 aliphatic carbocycles. The average molecular weight is 510 g/mol. The van der Waals surface area contributed by atoms with Gasteiger partial charge < -0.3 is 10.2 Å². The number of alkyl halides is 3. The predicted octanol–water partition coefficient (Wildman–Crippen LogP) is 2.18. The van der Waals surface area contributed by atoms with Crippen molar-refractivity contribution in [3.63, 3.8) is 0 Å². The van der Waals surface area contributed by atoms with E-state index in [9.17, 15) is 33.0 Å². The van der Waals surface area contributed by atoms with Gasteiger partial charge in [0.15, 0.2) is 17.8 Å². The summed E-state index contributed by atoms with van der Waals surface area (Å²) in [4.78, 5) is 32.2. The fraction of sp³-hybridized carbons (Fsp3) is 0.200. The minimum absolute atomic E-state index is 0.0237. The van der Waals surface area contributed by atoms with Crippen molar-refractivity contribution < 1.29 is 28.2 Å². The summed E-state index contributed by atoms with van der Waals surface area (Å²) in [5.74, 6) is -1.59. The number of hydrogen-bond acceptors (Lipinski definition) is 7. The van der Waals surface area contributed by atoms with Crippen LogP contribution < -0.4 is 5.69 Å². The summed E-state index contributed by atoms with van der Waals surface area (Å²) in [7, 11) is 0. The number of aromatic nitrogens is 7. The van der Waals surface area contributed by atoms with Crippen LogP contribution >= 0.6 is 11.6 Å². The van der Waals surface area contributed by atoms with Gasteiger partial charge in [-0.2, -0.15) is 0 Å². The summed E-state index contributed by atoms with van der Waals surface area (Å²) >= 11 is 5.85. The first-order valence-corrected chi connectivity index (χ1v) is 10.2. The van der Waals surface area contributed by atoms with E-state index in [2.05, 4.69) is 20.2 Å². The maximum atomic E-state index is 14.8. The Labute approximate surface area is 198 Å². The van der Waals surface area contributed by atoms with Gasteiger partial charge in [0.05, 0.1) is 17.4 Å². The second-order valence-corrected chi connectivity index (χ2v) is 7.58.